The summed E-state index contributed by atoms with van der Waals surface area (Å²) in [6.07, 6.45) is 7.90. The summed E-state index contributed by atoms with van der Waals surface area (Å²) in [6.45, 7) is 4.23. The largest absolute Gasteiger partial charge is 0.392 e. The molecule has 1 atom stereocenters. The number of para-hydroxylation sites is 1. The average molecular weight is 363 g/mol. The molecule has 1 amide bonds. The molecule has 5 nitrogen and oxygen atoms in total. The van der Waals surface area contributed by atoms with E-state index in [-0.39, 0.29) is 12.0 Å². The van der Waals surface area contributed by atoms with Gasteiger partial charge in [0, 0.05) is 31.7 Å². The number of carbonyl (C=O) groups is 1. The standard InChI is InChI=1S/C21H34N2O3/c24-20(18-23-14-16-26-17-15-23)12-8-3-1-2-4-9-13-21(25)22-19-10-6-5-7-11-19/h5-7,10-11,20,24H,1-4,8-9,12-18H2,(H,22,25). The molecule has 1 unspecified atom stereocenters. The van der Waals surface area contributed by atoms with Gasteiger partial charge in [-0.3, -0.25) is 9.69 Å². The Balaban J connectivity index is 1.39. The monoisotopic (exact) mass is 362 g/mol. The van der Waals surface area contributed by atoms with Crippen molar-refractivity contribution in [2.24, 2.45) is 0 Å². The number of rotatable bonds is 12. The van der Waals surface area contributed by atoms with Gasteiger partial charge in [-0.05, 0) is 25.0 Å². The van der Waals surface area contributed by atoms with Crippen molar-refractivity contribution in [2.45, 2.75) is 57.5 Å². The van der Waals surface area contributed by atoms with Gasteiger partial charge >= 0.3 is 0 Å². The van der Waals surface area contributed by atoms with Crippen LogP contribution in [0.25, 0.3) is 0 Å². The second-order valence-corrected chi connectivity index (χ2v) is 7.14. The van der Waals surface area contributed by atoms with Crippen molar-refractivity contribution in [2.75, 3.05) is 38.2 Å². The molecule has 1 fully saturated rings. The van der Waals surface area contributed by atoms with Crippen LogP contribution in [0.5, 0.6) is 0 Å². The molecule has 2 N–H and O–H groups in total. The molecule has 0 saturated carbocycles. The number of β-amino-alcohol motifs (C(OH)–C–C–N with tert-alkyl or cyclic N) is 1. The van der Waals surface area contributed by atoms with Crippen LogP contribution in [0.2, 0.25) is 0 Å². The van der Waals surface area contributed by atoms with Gasteiger partial charge in [0.1, 0.15) is 0 Å². The zero-order chi connectivity index (χ0) is 18.5. The summed E-state index contributed by atoms with van der Waals surface area (Å²) in [7, 11) is 0. The third-order valence-corrected chi connectivity index (χ3v) is 4.82. The first-order chi connectivity index (χ1) is 12.7. The smallest absolute Gasteiger partial charge is 0.224 e. The summed E-state index contributed by atoms with van der Waals surface area (Å²) >= 11 is 0. The second kappa shape index (κ2) is 12.8. The number of anilines is 1. The van der Waals surface area contributed by atoms with E-state index < -0.39 is 0 Å². The minimum Gasteiger partial charge on any atom is -0.392 e. The van der Waals surface area contributed by atoms with Crippen molar-refractivity contribution in [3.63, 3.8) is 0 Å². The van der Waals surface area contributed by atoms with Gasteiger partial charge in [0.15, 0.2) is 0 Å². The topological polar surface area (TPSA) is 61.8 Å². The first-order valence-corrected chi connectivity index (χ1v) is 10.1. The van der Waals surface area contributed by atoms with Crippen molar-refractivity contribution in [1.29, 1.82) is 0 Å². The van der Waals surface area contributed by atoms with Gasteiger partial charge in [-0.15, -0.1) is 0 Å². The van der Waals surface area contributed by atoms with Crippen LogP contribution < -0.4 is 5.32 Å². The molecule has 146 valence electrons. The van der Waals surface area contributed by atoms with E-state index in [1.54, 1.807) is 0 Å². The van der Waals surface area contributed by atoms with Gasteiger partial charge in [0.2, 0.25) is 5.91 Å². The van der Waals surface area contributed by atoms with Gasteiger partial charge in [0.25, 0.3) is 0 Å². The van der Waals surface area contributed by atoms with Crippen LogP contribution in [-0.2, 0) is 9.53 Å². The summed E-state index contributed by atoms with van der Waals surface area (Å²) < 4.78 is 5.32. The molecule has 2 rings (SSSR count). The fourth-order valence-electron chi connectivity index (χ4n) is 3.29. The lowest BCUT2D eigenvalue weighted by atomic mass is 10.1. The SMILES string of the molecule is O=C(CCCCCCCCC(O)CN1CCOCC1)Nc1ccccc1. The Labute approximate surface area is 157 Å². The highest BCUT2D eigenvalue weighted by atomic mass is 16.5. The Bertz CT molecular complexity index is 489. The lowest BCUT2D eigenvalue weighted by Crippen LogP contribution is -2.40. The predicted molar refractivity (Wildman–Crippen MR) is 105 cm³/mol. The summed E-state index contributed by atoms with van der Waals surface area (Å²) in [5, 5.41) is 13.0. The summed E-state index contributed by atoms with van der Waals surface area (Å²) in [5.74, 6) is 0.0995. The first-order valence-electron chi connectivity index (χ1n) is 10.1. The third-order valence-electron chi connectivity index (χ3n) is 4.82. The van der Waals surface area contributed by atoms with Crippen LogP contribution in [0.15, 0.2) is 30.3 Å². The van der Waals surface area contributed by atoms with E-state index >= 15 is 0 Å². The van der Waals surface area contributed by atoms with Gasteiger partial charge in [-0.25, -0.2) is 0 Å². The molecule has 1 aromatic carbocycles. The molecule has 0 radical (unpaired) electrons. The fraction of sp³-hybridized carbons (Fsp3) is 0.667. The fourth-order valence-corrected chi connectivity index (χ4v) is 3.29. The van der Waals surface area contributed by atoms with Crippen molar-refractivity contribution in [3.8, 4) is 0 Å². The zero-order valence-electron chi connectivity index (χ0n) is 15.9. The Morgan fingerprint density at radius 3 is 2.42 bits per heavy atom. The minimum atomic E-state index is -0.213. The van der Waals surface area contributed by atoms with E-state index in [9.17, 15) is 9.90 Å². The molecule has 0 spiro atoms. The molecule has 26 heavy (non-hydrogen) atoms. The number of aliphatic hydroxyl groups excluding tert-OH is 1. The van der Waals surface area contributed by atoms with Gasteiger partial charge in [0.05, 0.1) is 19.3 Å². The van der Waals surface area contributed by atoms with Gasteiger partial charge < -0.3 is 15.2 Å². The molecule has 0 aromatic heterocycles. The predicted octanol–water partition coefficient (Wildman–Crippen LogP) is 3.44. The number of unbranched alkanes of at least 4 members (excludes halogenated alkanes) is 5. The van der Waals surface area contributed by atoms with E-state index in [2.05, 4.69) is 10.2 Å². The summed E-state index contributed by atoms with van der Waals surface area (Å²) in [6, 6.07) is 9.61. The van der Waals surface area contributed by atoms with Crippen LogP contribution >= 0.6 is 0 Å². The van der Waals surface area contributed by atoms with E-state index in [0.717, 1.165) is 77.1 Å². The minimum absolute atomic E-state index is 0.0995. The number of nitrogens with one attached hydrogen (secondary N) is 1. The van der Waals surface area contributed by atoms with Crippen molar-refractivity contribution >= 4 is 11.6 Å². The van der Waals surface area contributed by atoms with E-state index in [1.165, 1.54) is 6.42 Å². The maximum atomic E-state index is 11.8. The molecular weight excluding hydrogens is 328 g/mol. The number of ether oxygens (including phenoxy) is 1. The molecule has 0 aliphatic carbocycles. The Morgan fingerprint density at radius 2 is 1.69 bits per heavy atom. The van der Waals surface area contributed by atoms with Gasteiger partial charge in [-0.1, -0.05) is 50.3 Å². The number of benzene rings is 1. The third kappa shape index (κ3) is 9.32. The maximum absolute atomic E-state index is 11.8. The van der Waals surface area contributed by atoms with Crippen LogP contribution in [0.1, 0.15) is 51.4 Å². The molecule has 1 aliphatic heterocycles. The van der Waals surface area contributed by atoms with Crippen LogP contribution in [0, 0.1) is 0 Å². The maximum Gasteiger partial charge on any atom is 0.224 e. The Morgan fingerprint density at radius 1 is 1.04 bits per heavy atom. The molecule has 1 saturated heterocycles. The molecule has 5 heteroatoms. The van der Waals surface area contributed by atoms with Crippen molar-refractivity contribution < 1.29 is 14.6 Å². The Hall–Kier alpha value is -1.43. The molecular formula is C21H34N2O3. The number of morpholine rings is 1. The Kier molecular flexibility index (Phi) is 10.3. The highest BCUT2D eigenvalue weighted by molar-refractivity contribution is 5.90. The quantitative estimate of drug-likeness (QED) is 0.559. The highest BCUT2D eigenvalue weighted by Crippen LogP contribution is 2.12. The van der Waals surface area contributed by atoms with E-state index in [0.29, 0.717) is 6.42 Å². The van der Waals surface area contributed by atoms with Gasteiger partial charge in [-0.2, -0.15) is 0 Å². The molecule has 0 bridgehead atoms. The number of hydrogen-bond acceptors (Lipinski definition) is 4. The van der Waals surface area contributed by atoms with E-state index in [4.69, 9.17) is 4.74 Å². The van der Waals surface area contributed by atoms with Crippen LogP contribution in [-0.4, -0.2) is 54.9 Å². The highest BCUT2D eigenvalue weighted by Gasteiger charge is 2.14. The molecule has 1 heterocycles. The first kappa shape index (κ1) is 20.9. The number of carbonyl (C=O) groups excluding carboxylic acids is 1. The molecule has 1 aliphatic rings. The summed E-state index contributed by atoms with van der Waals surface area (Å²) in [4.78, 5) is 14.1. The number of amides is 1. The van der Waals surface area contributed by atoms with Crippen LogP contribution in [0.4, 0.5) is 5.69 Å². The summed E-state index contributed by atoms with van der Waals surface area (Å²) in [5.41, 5.74) is 0.869. The lowest BCUT2D eigenvalue weighted by Gasteiger charge is -2.28. The number of aliphatic hydroxyl groups is 1. The zero-order valence-corrected chi connectivity index (χ0v) is 15.9. The number of hydrogen-bond donors (Lipinski definition) is 2. The molecule has 1 aromatic rings. The van der Waals surface area contributed by atoms with E-state index in [1.807, 2.05) is 30.3 Å². The lowest BCUT2D eigenvalue weighted by molar-refractivity contribution is -0.116. The second-order valence-electron chi connectivity index (χ2n) is 7.14. The number of nitrogens with zero attached hydrogens (tertiary/aromatic N) is 1. The normalized spacial score (nSPS) is 16.3. The van der Waals surface area contributed by atoms with Crippen molar-refractivity contribution in [3.05, 3.63) is 30.3 Å². The van der Waals surface area contributed by atoms with Crippen molar-refractivity contribution in [1.82, 2.24) is 4.90 Å². The average Bonchev–Trinajstić information content (AvgIpc) is 2.65. The van der Waals surface area contributed by atoms with Crippen LogP contribution in [0.3, 0.4) is 0 Å².